The molecular formula is C21H25ClN4O4S2. The maximum Gasteiger partial charge on any atom is 0.254 e. The van der Waals surface area contributed by atoms with E-state index in [1.807, 2.05) is 0 Å². The highest BCUT2D eigenvalue weighted by molar-refractivity contribution is 7.91. The molecule has 0 atom stereocenters. The second kappa shape index (κ2) is 9.86. The van der Waals surface area contributed by atoms with Crippen molar-refractivity contribution in [2.45, 2.75) is 36.3 Å². The maximum absolute atomic E-state index is 13.1. The Bertz CT molecular complexity index is 1070. The summed E-state index contributed by atoms with van der Waals surface area (Å²) < 4.78 is 27.7. The molecule has 2 aliphatic rings. The van der Waals surface area contributed by atoms with E-state index in [1.165, 1.54) is 16.6 Å². The van der Waals surface area contributed by atoms with E-state index in [1.54, 1.807) is 22.4 Å². The third-order valence-corrected chi connectivity index (χ3v) is 9.40. The molecule has 2 fully saturated rings. The third-order valence-electron chi connectivity index (χ3n) is 5.86. The number of hydrogen-bond donors (Lipinski definition) is 1. The Morgan fingerprint density at radius 2 is 1.81 bits per heavy atom. The van der Waals surface area contributed by atoms with Crippen molar-refractivity contribution in [3.63, 3.8) is 0 Å². The Labute approximate surface area is 196 Å². The fourth-order valence-electron chi connectivity index (χ4n) is 4.01. The van der Waals surface area contributed by atoms with E-state index in [-0.39, 0.29) is 35.0 Å². The first kappa shape index (κ1) is 23.2. The van der Waals surface area contributed by atoms with Crippen LogP contribution in [0.4, 0.5) is 5.82 Å². The van der Waals surface area contributed by atoms with E-state index in [0.29, 0.717) is 29.2 Å². The van der Waals surface area contributed by atoms with E-state index in [0.717, 1.165) is 43.7 Å². The molecule has 0 aromatic carbocycles. The average molecular weight is 497 g/mol. The number of carbonyl (C=O) groups excluding carboxylic acids is 2. The van der Waals surface area contributed by atoms with Gasteiger partial charge in [0.2, 0.25) is 5.91 Å². The molecule has 2 saturated heterocycles. The minimum atomic E-state index is -3.70. The number of carbonyl (C=O) groups is 2. The van der Waals surface area contributed by atoms with Gasteiger partial charge in [0.15, 0.2) is 0 Å². The smallest absolute Gasteiger partial charge is 0.254 e. The molecule has 0 unspecified atom stereocenters. The van der Waals surface area contributed by atoms with Gasteiger partial charge in [-0.2, -0.15) is 4.31 Å². The standard InChI is InChI=1S/C21H25ClN4O4S2/c22-17-4-5-18(23-13-17)24-20(27)15-6-10-26(11-7-15)32(29,30)19-12-16(14-31-19)21(28)25-8-2-1-3-9-25/h4-5,12-15H,1-3,6-11H2,(H,23,24,27). The molecule has 0 bridgehead atoms. The number of sulfonamides is 1. The summed E-state index contributed by atoms with van der Waals surface area (Å²) in [4.78, 5) is 31.0. The lowest BCUT2D eigenvalue weighted by atomic mass is 9.97. The van der Waals surface area contributed by atoms with E-state index in [2.05, 4.69) is 10.3 Å². The highest BCUT2D eigenvalue weighted by Crippen LogP contribution is 2.29. The number of likely N-dealkylation sites (tertiary alicyclic amines) is 1. The molecule has 172 valence electrons. The van der Waals surface area contributed by atoms with Crippen LogP contribution >= 0.6 is 22.9 Å². The molecule has 32 heavy (non-hydrogen) atoms. The molecule has 8 nitrogen and oxygen atoms in total. The van der Waals surface area contributed by atoms with Crippen molar-refractivity contribution in [1.29, 1.82) is 0 Å². The van der Waals surface area contributed by atoms with Crippen LogP contribution in [0.15, 0.2) is 34.0 Å². The number of nitrogens with one attached hydrogen (secondary N) is 1. The fraction of sp³-hybridized carbons (Fsp3) is 0.476. The van der Waals surface area contributed by atoms with Crippen molar-refractivity contribution in [2.24, 2.45) is 5.92 Å². The molecule has 0 spiro atoms. The van der Waals surface area contributed by atoms with E-state index in [4.69, 9.17) is 11.6 Å². The lowest BCUT2D eigenvalue weighted by molar-refractivity contribution is -0.120. The monoisotopic (exact) mass is 496 g/mol. The Hall–Kier alpha value is -2.01. The van der Waals surface area contributed by atoms with Gasteiger partial charge < -0.3 is 10.2 Å². The quantitative estimate of drug-likeness (QED) is 0.683. The largest absolute Gasteiger partial charge is 0.339 e. The molecule has 2 aromatic rings. The van der Waals surface area contributed by atoms with Crippen molar-refractivity contribution in [3.8, 4) is 0 Å². The molecule has 0 radical (unpaired) electrons. The summed E-state index contributed by atoms with van der Waals surface area (Å²) in [5.74, 6) is -0.159. The normalized spacial score (nSPS) is 18.5. The van der Waals surface area contributed by atoms with Gasteiger partial charge in [-0.05, 0) is 50.3 Å². The Kier molecular flexibility index (Phi) is 7.14. The highest BCUT2D eigenvalue weighted by Gasteiger charge is 2.33. The summed E-state index contributed by atoms with van der Waals surface area (Å²) in [5, 5.41) is 4.86. The van der Waals surface area contributed by atoms with Gasteiger partial charge in [0.25, 0.3) is 15.9 Å². The molecular weight excluding hydrogens is 472 g/mol. The molecule has 2 aromatic heterocycles. The zero-order valence-corrected chi connectivity index (χ0v) is 19.9. The fourth-order valence-corrected chi connectivity index (χ4v) is 6.89. The molecule has 2 aliphatic heterocycles. The second-order valence-corrected chi connectivity index (χ2v) is 11.5. The van der Waals surface area contributed by atoms with Crippen LogP contribution in [-0.2, 0) is 14.8 Å². The first-order valence-electron chi connectivity index (χ1n) is 10.6. The Morgan fingerprint density at radius 3 is 2.47 bits per heavy atom. The predicted molar refractivity (Wildman–Crippen MR) is 123 cm³/mol. The number of nitrogens with zero attached hydrogens (tertiary/aromatic N) is 3. The molecule has 2 amide bonds. The van der Waals surface area contributed by atoms with Crippen LogP contribution < -0.4 is 5.32 Å². The lowest BCUT2D eigenvalue weighted by Crippen LogP contribution is -2.41. The van der Waals surface area contributed by atoms with E-state index < -0.39 is 10.0 Å². The van der Waals surface area contributed by atoms with Crippen LogP contribution in [0.2, 0.25) is 5.02 Å². The van der Waals surface area contributed by atoms with Crippen molar-refractivity contribution >= 4 is 50.6 Å². The van der Waals surface area contributed by atoms with Gasteiger partial charge in [-0.3, -0.25) is 9.59 Å². The number of halogens is 1. The molecule has 4 heterocycles. The Balaban J connectivity index is 1.35. The number of hydrogen-bond acceptors (Lipinski definition) is 6. The van der Waals surface area contributed by atoms with Crippen LogP contribution in [0.25, 0.3) is 0 Å². The van der Waals surface area contributed by atoms with Crippen molar-refractivity contribution < 1.29 is 18.0 Å². The molecule has 1 N–H and O–H groups in total. The van der Waals surface area contributed by atoms with Gasteiger partial charge in [-0.15, -0.1) is 11.3 Å². The molecule has 4 rings (SSSR count). The van der Waals surface area contributed by atoms with Crippen LogP contribution in [0.5, 0.6) is 0 Å². The summed E-state index contributed by atoms with van der Waals surface area (Å²) >= 11 is 6.88. The molecule has 0 saturated carbocycles. The van der Waals surface area contributed by atoms with Crippen LogP contribution in [0.3, 0.4) is 0 Å². The molecule has 0 aliphatic carbocycles. The van der Waals surface area contributed by atoms with Gasteiger partial charge in [-0.25, -0.2) is 13.4 Å². The summed E-state index contributed by atoms with van der Waals surface area (Å²) in [5.41, 5.74) is 0.431. The summed E-state index contributed by atoms with van der Waals surface area (Å²) in [7, 11) is -3.70. The zero-order chi connectivity index (χ0) is 22.7. The zero-order valence-electron chi connectivity index (χ0n) is 17.5. The van der Waals surface area contributed by atoms with E-state index in [9.17, 15) is 18.0 Å². The average Bonchev–Trinajstić information content (AvgIpc) is 3.32. The van der Waals surface area contributed by atoms with Crippen molar-refractivity contribution in [3.05, 3.63) is 40.4 Å². The number of thiophene rings is 1. The topological polar surface area (TPSA) is 99.7 Å². The number of amides is 2. The van der Waals surface area contributed by atoms with Crippen LogP contribution in [0, 0.1) is 5.92 Å². The third kappa shape index (κ3) is 5.14. The number of anilines is 1. The van der Waals surface area contributed by atoms with Crippen LogP contribution in [0.1, 0.15) is 42.5 Å². The van der Waals surface area contributed by atoms with E-state index >= 15 is 0 Å². The number of rotatable bonds is 5. The van der Waals surface area contributed by atoms with Crippen molar-refractivity contribution in [2.75, 3.05) is 31.5 Å². The van der Waals surface area contributed by atoms with Gasteiger partial charge in [0.1, 0.15) is 10.0 Å². The number of aromatic nitrogens is 1. The minimum absolute atomic E-state index is 0.103. The van der Waals surface area contributed by atoms with Crippen LogP contribution in [-0.4, -0.2) is 60.6 Å². The SMILES string of the molecule is O=C(Nc1ccc(Cl)cn1)C1CCN(S(=O)(=O)c2cc(C(=O)N3CCCCC3)cs2)CC1. The number of pyridine rings is 1. The highest BCUT2D eigenvalue weighted by atomic mass is 35.5. The van der Waals surface area contributed by atoms with Gasteiger partial charge in [-0.1, -0.05) is 11.6 Å². The second-order valence-electron chi connectivity index (χ2n) is 8.04. The van der Waals surface area contributed by atoms with Gasteiger partial charge in [0, 0.05) is 43.7 Å². The lowest BCUT2D eigenvalue weighted by Gasteiger charge is -2.30. The maximum atomic E-state index is 13.1. The first-order chi connectivity index (χ1) is 15.3. The Morgan fingerprint density at radius 1 is 1.09 bits per heavy atom. The predicted octanol–water partition coefficient (Wildman–Crippen LogP) is 3.46. The minimum Gasteiger partial charge on any atom is -0.339 e. The summed E-state index contributed by atoms with van der Waals surface area (Å²) in [6.45, 7) is 1.94. The van der Waals surface area contributed by atoms with Gasteiger partial charge >= 0.3 is 0 Å². The first-order valence-corrected chi connectivity index (χ1v) is 13.3. The molecule has 11 heteroatoms. The summed E-state index contributed by atoms with van der Waals surface area (Å²) in [6, 6.07) is 4.76. The van der Waals surface area contributed by atoms with Gasteiger partial charge in [0.05, 0.1) is 10.6 Å². The summed E-state index contributed by atoms with van der Waals surface area (Å²) in [6.07, 6.45) is 5.39. The van der Waals surface area contributed by atoms with Crippen molar-refractivity contribution in [1.82, 2.24) is 14.2 Å². The number of piperidine rings is 2.